The average molecular weight is 564 g/mol. The number of aryl methyl sites for hydroxylation is 3. The molecular weight excluding hydrogens is 538 g/mol. The lowest BCUT2D eigenvalue weighted by atomic mass is 10.0. The fourth-order valence-corrected chi connectivity index (χ4v) is 5.47. The Labute approximate surface area is 232 Å². The molecule has 0 fully saturated rings. The Kier molecular flexibility index (Phi) is 6.98. The van der Waals surface area contributed by atoms with E-state index in [0.717, 1.165) is 36.2 Å². The largest absolute Gasteiger partial charge is 0.481 e. The molecule has 0 spiro atoms. The van der Waals surface area contributed by atoms with Crippen molar-refractivity contribution in [2.75, 3.05) is 0 Å². The van der Waals surface area contributed by atoms with Crippen LogP contribution in [0.4, 0.5) is 17.6 Å². The minimum absolute atomic E-state index is 0.0399. The second kappa shape index (κ2) is 10.8. The summed E-state index contributed by atoms with van der Waals surface area (Å²) in [6.07, 6.45) is 4.44. The second-order valence-corrected chi connectivity index (χ2v) is 10.1. The first-order valence-corrected chi connectivity index (χ1v) is 13.3. The summed E-state index contributed by atoms with van der Waals surface area (Å²) in [5.74, 6) is -4.31. The summed E-state index contributed by atoms with van der Waals surface area (Å²) in [6, 6.07) is 11.4. The fourth-order valence-electron chi connectivity index (χ4n) is 5.47. The molecule has 0 radical (unpaired) electrons. The van der Waals surface area contributed by atoms with E-state index in [4.69, 9.17) is 9.84 Å². The van der Waals surface area contributed by atoms with Crippen LogP contribution in [0.1, 0.15) is 40.9 Å². The number of carboxylic acids is 1. The van der Waals surface area contributed by atoms with Crippen LogP contribution in [0.2, 0.25) is 0 Å². The lowest BCUT2D eigenvalue weighted by Gasteiger charge is -2.12. The Bertz CT molecular complexity index is 1790. The van der Waals surface area contributed by atoms with Gasteiger partial charge in [-0.25, -0.2) is 22.2 Å². The van der Waals surface area contributed by atoms with E-state index in [2.05, 4.69) is 10.1 Å². The zero-order valence-electron chi connectivity index (χ0n) is 21.8. The third-order valence-electron chi connectivity index (χ3n) is 7.48. The summed E-state index contributed by atoms with van der Waals surface area (Å²) >= 11 is 0. The van der Waals surface area contributed by atoms with Crippen LogP contribution in [0.25, 0.3) is 16.6 Å². The number of aliphatic carboxylic acids is 1. The molecule has 3 aromatic carbocycles. The van der Waals surface area contributed by atoms with E-state index in [9.17, 15) is 13.6 Å². The first-order valence-electron chi connectivity index (χ1n) is 13.3. The molecule has 6 rings (SSSR count). The highest BCUT2D eigenvalue weighted by Gasteiger charge is 2.25. The minimum Gasteiger partial charge on any atom is -0.481 e. The van der Waals surface area contributed by atoms with Gasteiger partial charge in [0.1, 0.15) is 23.1 Å². The van der Waals surface area contributed by atoms with Gasteiger partial charge < -0.3 is 14.8 Å². The van der Waals surface area contributed by atoms with E-state index in [1.807, 2.05) is 0 Å². The Balaban J connectivity index is 1.28. The van der Waals surface area contributed by atoms with Gasteiger partial charge in [0.05, 0.1) is 11.2 Å². The van der Waals surface area contributed by atoms with Crippen LogP contribution >= 0.6 is 0 Å². The number of nitrogens with one attached hydrogen (secondary N) is 1. The Morgan fingerprint density at radius 2 is 1.76 bits per heavy atom. The van der Waals surface area contributed by atoms with Gasteiger partial charge in [-0.2, -0.15) is 5.10 Å². The third kappa shape index (κ3) is 5.05. The van der Waals surface area contributed by atoms with Gasteiger partial charge in [-0.05, 0) is 73.4 Å². The number of hydrogen-bond acceptors (Lipinski definition) is 3. The van der Waals surface area contributed by atoms with Crippen molar-refractivity contribution in [1.29, 1.82) is 0 Å². The molecule has 210 valence electrons. The van der Waals surface area contributed by atoms with Gasteiger partial charge in [-0.1, -0.05) is 18.2 Å². The summed E-state index contributed by atoms with van der Waals surface area (Å²) in [7, 11) is 0. The molecule has 5 aromatic rings. The van der Waals surface area contributed by atoms with Crippen molar-refractivity contribution < 1.29 is 32.2 Å². The van der Waals surface area contributed by atoms with Gasteiger partial charge in [0.25, 0.3) is 0 Å². The van der Waals surface area contributed by atoms with Gasteiger partial charge in [0.15, 0.2) is 17.4 Å². The molecule has 0 saturated heterocycles. The lowest BCUT2D eigenvalue weighted by molar-refractivity contribution is -0.136. The van der Waals surface area contributed by atoms with E-state index in [1.54, 1.807) is 18.2 Å². The topological polar surface area (TPSA) is 80.1 Å². The van der Waals surface area contributed by atoms with Crippen LogP contribution in [0.5, 0.6) is 11.5 Å². The van der Waals surface area contributed by atoms with Crippen molar-refractivity contribution in [2.24, 2.45) is 0 Å². The van der Waals surface area contributed by atoms with Crippen LogP contribution < -0.4 is 4.74 Å². The maximum absolute atomic E-state index is 15.1. The third-order valence-corrected chi connectivity index (χ3v) is 7.48. The van der Waals surface area contributed by atoms with Gasteiger partial charge in [0, 0.05) is 35.8 Å². The Morgan fingerprint density at radius 3 is 2.56 bits per heavy atom. The molecule has 41 heavy (non-hydrogen) atoms. The predicted octanol–water partition coefficient (Wildman–Crippen LogP) is 6.99. The van der Waals surface area contributed by atoms with Gasteiger partial charge in [0.2, 0.25) is 0 Å². The fraction of sp³-hybridized carbons (Fsp3) is 0.226. The molecule has 0 amide bonds. The highest BCUT2D eigenvalue weighted by Crippen LogP contribution is 2.35. The molecule has 2 heterocycles. The highest BCUT2D eigenvalue weighted by atomic mass is 19.1. The molecule has 1 aliphatic carbocycles. The van der Waals surface area contributed by atoms with Crippen LogP contribution in [0.3, 0.4) is 0 Å². The van der Waals surface area contributed by atoms with E-state index >= 15 is 8.78 Å². The molecule has 0 saturated carbocycles. The Hall–Kier alpha value is -4.60. The van der Waals surface area contributed by atoms with E-state index in [-0.39, 0.29) is 29.7 Å². The maximum Gasteiger partial charge on any atom is 0.303 e. The number of carbonyl (C=O) groups is 1. The van der Waals surface area contributed by atoms with Crippen molar-refractivity contribution in [3.63, 3.8) is 0 Å². The number of nitrogens with zero attached hydrogens (tertiary/aromatic N) is 2. The molecule has 2 N–H and O–H groups in total. The monoisotopic (exact) mass is 563 g/mol. The molecule has 1 aliphatic rings. The number of carboxylic acid groups (broad SMARTS) is 1. The number of fused-ring (bicyclic) bond motifs is 2. The molecule has 0 atom stereocenters. The highest BCUT2D eigenvalue weighted by molar-refractivity contribution is 5.82. The molecule has 2 aromatic heterocycles. The summed E-state index contributed by atoms with van der Waals surface area (Å²) in [6.45, 7) is 0. The average Bonchev–Trinajstić information content (AvgIpc) is 3.68. The standard InChI is InChI=1S/C31H25F4N3O3/c32-22-10-9-19(41-31-23(33)16-25-21(30(31)35)13-14-36-25)15-27(22)38-26-6-2-5-20(26)24(37-38)11-7-17-3-1-4-18(29(17)34)8-12-28(39)40/h1,3-4,9-10,13-16,36H,2,5-8,11-12H2,(H,39,40). The number of halogens is 4. The van der Waals surface area contributed by atoms with Gasteiger partial charge in [-0.3, -0.25) is 4.79 Å². The summed E-state index contributed by atoms with van der Waals surface area (Å²) in [4.78, 5) is 13.7. The molecule has 0 aliphatic heterocycles. The number of rotatable bonds is 9. The lowest BCUT2D eigenvalue weighted by Crippen LogP contribution is -2.06. The summed E-state index contributed by atoms with van der Waals surface area (Å²) in [5, 5.41) is 13.8. The minimum atomic E-state index is -0.991. The zero-order valence-corrected chi connectivity index (χ0v) is 21.8. The first-order chi connectivity index (χ1) is 19.8. The molecule has 0 bridgehead atoms. The van der Waals surface area contributed by atoms with Gasteiger partial charge in [-0.15, -0.1) is 0 Å². The molecule has 10 heteroatoms. The molecule has 0 unspecified atom stereocenters. The normalized spacial score (nSPS) is 12.7. The second-order valence-electron chi connectivity index (χ2n) is 10.1. The van der Waals surface area contributed by atoms with E-state index < -0.39 is 35.0 Å². The number of hydrogen-bond donors (Lipinski definition) is 2. The number of aromatic amines is 1. The summed E-state index contributed by atoms with van der Waals surface area (Å²) in [5.41, 5.74) is 3.71. The van der Waals surface area contributed by atoms with Crippen molar-refractivity contribution in [2.45, 2.75) is 44.9 Å². The zero-order chi connectivity index (χ0) is 28.7. The van der Waals surface area contributed by atoms with Gasteiger partial charge >= 0.3 is 5.97 Å². The van der Waals surface area contributed by atoms with Crippen molar-refractivity contribution in [3.8, 4) is 17.2 Å². The van der Waals surface area contributed by atoms with Crippen LogP contribution in [0, 0.1) is 23.3 Å². The quantitative estimate of drug-likeness (QED) is 0.190. The first kappa shape index (κ1) is 26.6. The maximum atomic E-state index is 15.1. The number of benzene rings is 3. The van der Waals surface area contributed by atoms with Crippen LogP contribution in [-0.2, 0) is 36.9 Å². The van der Waals surface area contributed by atoms with Crippen molar-refractivity contribution in [3.05, 3.63) is 106 Å². The van der Waals surface area contributed by atoms with Crippen molar-refractivity contribution in [1.82, 2.24) is 14.8 Å². The Morgan fingerprint density at radius 1 is 0.951 bits per heavy atom. The number of H-pyrrole nitrogens is 1. The predicted molar refractivity (Wildman–Crippen MR) is 144 cm³/mol. The van der Waals surface area contributed by atoms with Crippen LogP contribution in [0.15, 0.2) is 54.7 Å². The van der Waals surface area contributed by atoms with E-state index in [1.165, 1.54) is 29.1 Å². The molecular formula is C31H25F4N3O3. The number of aromatic nitrogens is 3. The smallest absolute Gasteiger partial charge is 0.303 e. The van der Waals surface area contributed by atoms with Crippen LogP contribution in [-0.4, -0.2) is 25.8 Å². The molecule has 6 nitrogen and oxygen atoms in total. The van der Waals surface area contributed by atoms with Crippen molar-refractivity contribution >= 4 is 16.9 Å². The summed E-state index contributed by atoms with van der Waals surface area (Å²) < 4.78 is 66.8. The van der Waals surface area contributed by atoms with E-state index in [0.29, 0.717) is 41.6 Å². The SMILES string of the molecule is O=C(O)CCc1cccc(CCc2nn(-c3cc(Oc4c(F)cc5[nH]ccc5c4F)ccc3F)c3c2CCC3)c1F. The number of ether oxygens (including phenoxy) is 1.